The topological polar surface area (TPSA) is 110 Å². The molecule has 0 saturated carbocycles. The minimum absolute atomic E-state index is 0. The van der Waals surface area contributed by atoms with Gasteiger partial charge in [-0.1, -0.05) is 0 Å². The predicted octanol–water partition coefficient (Wildman–Crippen LogP) is -3.69. The summed E-state index contributed by atoms with van der Waals surface area (Å²) in [5.41, 5.74) is 0. The second-order valence-corrected chi connectivity index (χ2v) is 0.575. The van der Waals surface area contributed by atoms with Crippen LogP contribution < -0.4 is 10.2 Å². The molecule has 0 aromatic rings. The van der Waals surface area contributed by atoms with Crippen LogP contribution in [0, 0.1) is 0 Å². The number of carboxylic acids is 2. The first-order valence-corrected chi connectivity index (χ1v) is 1.07. The number of carbonyl (C=O) groups is 2. The largest absolute Gasteiger partial charge is 3.00 e. The van der Waals surface area contributed by atoms with Gasteiger partial charge in [0.05, 0.1) is 11.9 Å². The molecule has 8 heavy (non-hydrogen) atoms. The Balaban J connectivity index is -0.000000125. The Morgan fingerprint density at radius 1 is 1.00 bits per heavy atom. The summed E-state index contributed by atoms with van der Waals surface area (Å²) in [4.78, 5) is 17.9. The molecule has 0 amide bonds. The van der Waals surface area contributed by atoms with E-state index in [0.717, 1.165) is 0 Å². The molecule has 0 aliphatic heterocycles. The molecule has 0 saturated heterocycles. The summed E-state index contributed by atoms with van der Waals surface area (Å²) in [6.07, 6.45) is 0. The Kier molecular flexibility index (Phi) is 12.6. The van der Waals surface area contributed by atoms with Crippen LogP contribution in [0.1, 0.15) is 0 Å². The number of carboxylic acid groups (broad SMARTS) is 2. The number of hydrogen-bond donors (Lipinski definition) is 0. The van der Waals surface area contributed by atoms with Crippen LogP contribution in [0.5, 0.6) is 0 Å². The quantitative estimate of drug-likeness (QED) is 0.268. The van der Waals surface area contributed by atoms with Crippen molar-refractivity contribution in [2.75, 3.05) is 0 Å². The second kappa shape index (κ2) is 6.42. The van der Waals surface area contributed by atoms with Gasteiger partial charge in [0.25, 0.3) is 0 Å². The van der Waals surface area contributed by atoms with Crippen molar-refractivity contribution in [1.29, 1.82) is 0 Å². The summed E-state index contributed by atoms with van der Waals surface area (Å²) in [5.74, 6) is -4.37. The molecule has 0 heterocycles. The van der Waals surface area contributed by atoms with Crippen molar-refractivity contribution in [3.63, 3.8) is 0 Å². The van der Waals surface area contributed by atoms with E-state index in [1.807, 2.05) is 0 Å². The van der Waals surface area contributed by atoms with Gasteiger partial charge < -0.3 is 25.3 Å². The molecule has 5 nitrogen and oxygen atoms in total. The van der Waals surface area contributed by atoms with E-state index >= 15 is 0 Å². The summed E-state index contributed by atoms with van der Waals surface area (Å²) in [6, 6.07) is 0. The Hall–Kier alpha value is -0.581. The summed E-state index contributed by atoms with van der Waals surface area (Å²) < 4.78 is 0. The minimum atomic E-state index is -2.19. The van der Waals surface area contributed by atoms with Crippen molar-refractivity contribution in [2.45, 2.75) is 0 Å². The van der Waals surface area contributed by atoms with Gasteiger partial charge in [0.2, 0.25) is 0 Å². The van der Waals surface area contributed by atoms with E-state index in [4.69, 9.17) is 19.8 Å². The van der Waals surface area contributed by atoms with E-state index < -0.39 is 11.9 Å². The molecule has 0 spiro atoms. The fourth-order valence-electron chi connectivity index (χ4n) is 0. The molecule has 0 bridgehead atoms. The van der Waals surface area contributed by atoms with Crippen LogP contribution >= 0.6 is 0 Å². The Bertz CT molecular complexity index is 76.4. The van der Waals surface area contributed by atoms with Crippen LogP contribution in [-0.2, 0) is 26.7 Å². The molecular weight excluding hydrogens is 160 g/mol. The van der Waals surface area contributed by atoms with Gasteiger partial charge in [-0.2, -0.15) is 0 Å². The van der Waals surface area contributed by atoms with Crippen LogP contribution in [0.15, 0.2) is 0 Å². The first-order chi connectivity index (χ1) is 2.64. The van der Waals surface area contributed by atoms with Crippen molar-refractivity contribution in [3.8, 4) is 0 Å². The maximum absolute atomic E-state index is 8.93. The number of hydrogen-bond acceptors (Lipinski definition) is 5. The Morgan fingerprint density at radius 3 is 1.12 bits per heavy atom. The van der Waals surface area contributed by atoms with Gasteiger partial charge in [0, 0.05) is 0 Å². The molecule has 1 N–H and O–H groups in total. The van der Waals surface area contributed by atoms with E-state index in [1.165, 1.54) is 0 Å². The third-order valence-corrected chi connectivity index (χ3v) is 0.167. The van der Waals surface area contributed by atoms with Gasteiger partial charge in [0.15, 0.2) is 0 Å². The zero-order valence-electron chi connectivity index (χ0n) is 3.43. The Morgan fingerprint density at radius 2 is 1.12 bits per heavy atom. The molecule has 0 unspecified atom stereocenters. The average molecular weight is 161 g/mol. The molecule has 1 radical (unpaired) electrons. The molecule has 0 rings (SSSR count). The van der Waals surface area contributed by atoms with Gasteiger partial charge in [-0.05, 0) is 0 Å². The third kappa shape index (κ3) is 9.05. The molecule has 47 valence electrons. The maximum atomic E-state index is 8.93. The monoisotopic (exact) mass is 161 g/mol. The summed E-state index contributed by atoms with van der Waals surface area (Å²) in [5, 5.41) is 17.9. The normalized spacial score (nSPS) is 5.50. The standard InChI is InChI=1S/C2H2O4.Fe.H2O/c3-1(4)2(5)6;;/h(H,3,4)(H,5,6);;1H2/q;+3;/p-3. The molecule has 0 fully saturated rings. The summed E-state index contributed by atoms with van der Waals surface area (Å²) in [7, 11) is 0. The zero-order chi connectivity index (χ0) is 5.15. The van der Waals surface area contributed by atoms with Gasteiger partial charge in [-0.3, -0.25) is 0 Å². The van der Waals surface area contributed by atoms with E-state index in [1.54, 1.807) is 0 Å². The second-order valence-electron chi connectivity index (χ2n) is 0.575. The molecule has 0 aromatic heterocycles. The SMILES string of the molecule is O=C([O-])C(=O)[O-].[Fe+3].[OH-]. The third-order valence-electron chi connectivity index (χ3n) is 0.167. The molecule has 0 atom stereocenters. The summed E-state index contributed by atoms with van der Waals surface area (Å²) >= 11 is 0. The van der Waals surface area contributed by atoms with Crippen molar-refractivity contribution in [1.82, 2.24) is 0 Å². The van der Waals surface area contributed by atoms with Gasteiger partial charge in [0.1, 0.15) is 0 Å². The van der Waals surface area contributed by atoms with Gasteiger partial charge in [-0.25, -0.2) is 0 Å². The number of aliphatic carboxylic acids is 2. The fourth-order valence-corrected chi connectivity index (χ4v) is 0. The number of carbonyl (C=O) groups excluding carboxylic acids is 2. The predicted molar refractivity (Wildman–Crippen MR) is 11.9 cm³/mol. The molecular formula is C2HFeO5. The summed E-state index contributed by atoms with van der Waals surface area (Å²) in [6.45, 7) is 0. The van der Waals surface area contributed by atoms with Crippen molar-refractivity contribution >= 4 is 11.9 Å². The van der Waals surface area contributed by atoms with Crippen LogP contribution in [0.4, 0.5) is 0 Å². The van der Waals surface area contributed by atoms with E-state index in [-0.39, 0.29) is 22.5 Å². The number of rotatable bonds is 0. The zero-order valence-corrected chi connectivity index (χ0v) is 4.54. The van der Waals surface area contributed by atoms with Crippen molar-refractivity contribution in [3.05, 3.63) is 0 Å². The minimum Gasteiger partial charge on any atom is -0.870 e. The van der Waals surface area contributed by atoms with Crippen molar-refractivity contribution in [2.24, 2.45) is 0 Å². The van der Waals surface area contributed by atoms with Crippen LogP contribution in [0.2, 0.25) is 0 Å². The average Bonchev–Trinajstić information content (AvgIpc) is 1.36. The van der Waals surface area contributed by atoms with Gasteiger partial charge >= 0.3 is 17.1 Å². The van der Waals surface area contributed by atoms with Crippen LogP contribution in [0.3, 0.4) is 0 Å². The van der Waals surface area contributed by atoms with E-state index in [2.05, 4.69) is 0 Å². The molecule has 0 aliphatic carbocycles. The molecule has 0 aromatic carbocycles. The van der Waals surface area contributed by atoms with Gasteiger partial charge in [-0.15, -0.1) is 0 Å². The van der Waals surface area contributed by atoms with Crippen molar-refractivity contribution < 1.29 is 42.3 Å². The van der Waals surface area contributed by atoms with Crippen LogP contribution in [-0.4, -0.2) is 17.4 Å². The van der Waals surface area contributed by atoms with E-state index in [9.17, 15) is 0 Å². The fraction of sp³-hybridized carbons (Fsp3) is 0. The molecule has 6 heteroatoms. The Labute approximate surface area is 55.1 Å². The first-order valence-electron chi connectivity index (χ1n) is 1.07. The molecule has 0 aliphatic rings. The van der Waals surface area contributed by atoms with E-state index in [0.29, 0.717) is 0 Å². The smallest absolute Gasteiger partial charge is 0.870 e. The van der Waals surface area contributed by atoms with Crippen LogP contribution in [0.25, 0.3) is 0 Å². The first kappa shape index (κ1) is 15.7. The maximum Gasteiger partial charge on any atom is 3.00 e.